The summed E-state index contributed by atoms with van der Waals surface area (Å²) < 4.78 is 26.5. The van der Waals surface area contributed by atoms with Gasteiger partial charge < -0.3 is 9.47 Å². The summed E-state index contributed by atoms with van der Waals surface area (Å²) >= 11 is 5.67. The van der Waals surface area contributed by atoms with Crippen molar-refractivity contribution < 1.29 is 18.7 Å². The number of carbonyl (C=O) groups excluding carboxylic acids is 1. The Balaban J connectivity index is 1.59. The Bertz CT molecular complexity index is 1190. The number of rotatable bonds is 5. The van der Waals surface area contributed by atoms with Crippen LogP contribution in [0.15, 0.2) is 81.9 Å². The number of esters is 1. The molecule has 0 fully saturated rings. The second-order valence-electron chi connectivity index (χ2n) is 6.42. The lowest BCUT2D eigenvalue weighted by Crippen LogP contribution is -2.05. The summed E-state index contributed by atoms with van der Waals surface area (Å²) in [6.45, 7) is 0.202. The van der Waals surface area contributed by atoms with E-state index in [2.05, 4.69) is 43.5 Å². The minimum atomic E-state index is -0.528. The van der Waals surface area contributed by atoms with Gasteiger partial charge in [-0.1, -0.05) is 30.3 Å². The summed E-state index contributed by atoms with van der Waals surface area (Å²) in [5.41, 5.74) is 2.27. The van der Waals surface area contributed by atoms with E-state index in [1.807, 2.05) is 36.4 Å². The number of nitrogens with zero attached hydrogens (tertiary/aromatic N) is 1. The molecule has 0 aromatic heterocycles. The lowest BCUT2D eigenvalue weighted by molar-refractivity contribution is -0.129. The highest BCUT2D eigenvalue weighted by molar-refractivity contribution is 14.1. The Morgan fingerprint density at radius 2 is 1.93 bits per heavy atom. The fourth-order valence-electron chi connectivity index (χ4n) is 2.83. The number of cyclic esters (lactones) is 1. The molecule has 7 heteroatoms. The van der Waals surface area contributed by atoms with Crippen molar-refractivity contribution in [2.24, 2.45) is 4.99 Å². The van der Waals surface area contributed by atoms with Crippen LogP contribution in [0.5, 0.6) is 5.75 Å². The van der Waals surface area contributed by atoms with Gasteiger partial charge in [0.25, 0.3) is 0 Å². The fourth-order valence-corrected chi connectivity index (χ4v) is 3.54. The van der Waals surface area contributed by atoms with Gasteiger partial charge in [0.15, 0.2) is 5.70 Å². The standard InChI is InChI=1S/C23H14BrFINO3/c24-18-11-16(8-9-19(18)26)22-27-20(23(28)30-22)12-15-5-1-2-7-21(15)29-13-14-4-3-6-17(25)10-14/h1-12H,13H2/b20-12-. The molecule has 0 saturated carbocycles. The Kier molecular flexibility index (Phi) is 6.29. The molecule has 0 atom stereocenters. The van der Waals surface area contributed by atoms with Crippen molar-refractivity contribution in [3.05, 3.63) is 103 Å². The molecule has 0 bridgehead atoms. The van der Waals surface area contributed by atoms with Crippen LogP contribution in [0, 0.1) is 9.39 Å². The molecule has 0 saturated heterocycles. The zero-order chi connectivity index (χ0) is 21.1. The van der Waals surface area contributed by atoms with Gasteiger partial charge in [0, 0.05) is 19.2 Å². The van der Waals surface area contributed by atoms with E-state index in [9.17, 15) is 9.18 Å². The van der Waals surface area contributed by atoms with Crippen LogP contribution in [0.1, 0.15) is 16.7 Å². The van der Waals surface area contributed by atoms with Crippen molar-refractivity contribution in [3.63, 3.8) is 0 Å². The summed E-state index contributed by atoms with van der Waals surface area (Å²) in [7, 11) is 0. The predicted octanol–water partition coefficient (Wildman–Crippen LogP) is 6.12. The fraction of sp³-hybridized carbons (Fsp3) is 0.0435. The molecule has 150 valence electrons. The van der Waals surface area contributed by atoms with E-state index < -0.39 is 5.97 Å². The van der Waals surface area contributed by atoms with E-state index in [4.69, 9.17) is 9.47 Å². The first-order valence-corrected chi connectivity index (χ1v) is 10.8. The van der Waals surface area contributed by atoms with Gasteiger partial charge in [-0.15, -0.1) is 0 Å². The van der Waals surface area contributed by atoms with E-state index in [0.29, 0.717) is 22.4 Å². The molecule has 3 aromatic rings. The summed E-state index contributed by atoms with van der Waals surface area (Å²) in [4.78, 5) is 16.7. The third-order valence-corrected chi connectivity index (χ3v) is 6.62. The lowest BCUT2D eigenvalue weighted by Gasteiger charge is -2.09. The van der Waals surface area contributed by atoms with Crippen LogP contribution in [0.4, 0.5) is 4.39 Å². The second-order valence-corrected chi connectivity index (χ2v) is 8.44. The number of ether oxygens (including phenoxy) is 2. The van der Waals surface area contributed by atoms with Crippen LogP contribution in [0.3, 0.4) is 0 Å². The molecule has 3 aromatic carbocycles. The monoisotopic (exact) mass is 577 g/mol. The van der Waals surface area contributed by atoms with Crippen molar-refractivity contribution in [1.29, 1.82) is 0 Å². The molecule has 1 aliphatic heterocycles. The Morgan fingerprint density at radius 3 is 2.73 bits per heavy atom. The molecular weight excluding hydrogens is 564 g/mol. The molecule has 0 spiro atoms. The molecule has 1 aliphatic rings. The van der Waals surface area contributed by atoms with E-state index in [1.165, 1.54) is 12.1 Å². The van der Waals surface area contributed by atoms with E-state index in [0.717, 1.165) is 8.04 Å². The summed E-state index contributed by atoms with van der Waals surface area (Å²) in [6, 6.07) is 19.1. The van der Waals surface area contributed by atoms with Crippen molar-refractivity contribution in [2.45, 2.75) is 6.61 Å². The van der Waals surface area contributed by atoms with Crippen molar-refractivity contribution in [1.82, 2.24) is 0 Å². The third-order valence-electron chi connectivity index (χ3n) is 4.28. The van der Waals surface area contributed by atoms with Gasteiger partial charge in [-0.2, -0.15) is 0 Å². The van der Waals surface area contributed by atoms with Gasteiger partial charge in [0.2, 0.25) is 5.90 Å². The Labute approximate surface area is 194 Å². The van der Waals surface area contributed by atoms with E-state index in [1.54, 1.807) is 24.3 Å². The Morgan fingerprint density at radius 1 is 1.10 bits per heavy atom. The first kappa shape index (κ1) is 20.7. The van der Waals surface area contributed by atoms with Gasteiger partial charge in [-0.3, -0.25) is 0 Å². The topological polar surface area (TPSA) is 47.9 Å². The van der Waals surface area contributed by atoms with Crippen molar-refractivity contribution >= 4 is 56.5 Å². The highest BCUT2D eigenvalue weighted by Gasteiger charge is 2.25. The van der Waals surface area contributed by atoms with E-state index >= 15 is 0 Å². The smallest absolute Gasteiger partial charge is 0.363 e. The number of aliphatic imine (C=N–C) groups is 1. The molecule has 1 heterocycles. The van der Waals surface area contributed by atoms with Crippen molar-refractivity contribution in [2.75, 3.05) is 0 Å². The summed E-state index contributed by atoms with van der Waals surface area (Å²) in [5, 5.41) is 0. The number of halogens is 3. The minimum Gasteiger partial charge on any atom is -0.488 e. The minimum absolute atomic E-state index is 0.182. The molecule has 0 amide bonds. The maximum atomic E-state index is 13.4. The lowest BCUT2D eigenvalue weighted by atomic mass is 10.1. The van der Waals surface area contributed by atoms with Crippen LogP contribution < -0.4 is 4.74 Å². The molecular formula is C23H14BrFINO3. The van der Waals surface area contributed by atoms with Crippen LogP contribution in [-0.2, 0) is 16.1 Å². The Hall–Kier alpha value is -2.52. The average Bonchev–Trinajstić information content (AvgIpc) is 3.10. The zero-order valence-electron chi connectivity index (χ0n) is 15.4. The van der Waals surface area contributed by atoms with E-state index in [-0.39, 0.29) is 24.0 Å². The first-order valence-electron chi connectivity index (χ1n) is 8.94. The zero-order valence-corrected chi connectivity index (χ0v) is 19.2. The van der Waals surface area contributed by atoms with Crippen LogP contribution in [0.2, 0.25) is 0 Å². The number of hydrogen-bond donors (Lipinski definition) is 0. The maximum Gasteiger partial charge on any atom is 0.363 e. The third kappa shape index (κ3) is 4.79. The molecule has 4 nitrogen and oxygen atoms in total. The highest BCUT2D eigenvalue weighted by atomic mass is 127. The summed E-state index contributed by atoms with van der Waals surface area (Å²) in [5.74, 6) is -0.0341. The van der Waals surface area contributed by atoms with Crippen molar-refractivity contribution in [3.8, 4) is 5.75 Å². The largest absolute Gasteiger partial charge is 0.488 e. The molecule has 0 aliphatic carbocycles. The number of carbonyl (C=O) groups is 1. The first-order chi connectivity index (χ1) is 14.5. The van der Waals surface area contributed by atoms with Crippen LogP contribution >= 0.6 is 38.5 Å². The van der Waals surface area contributed by atoms with Gasteiger partial charge >= 0.3 is 5.97 Å². The predicted molar refractivity (Wildman–Crippen MR) is 125 cm³/mol. The SMILES string of the molecule is O=C1OC(c2ccc(I)c(Br)c2)=N/C1=C\c1ccccc1OCc1cccc(F)c1. The highest BCUT2D eigenvalue weighted by Crippen LogP contribution is 2.27. The molecule has 0 N–H and O–H groups in total. The number of para-hydroxylation sites is 1. The number of benzene rings is 3. The molecule has 0 radical (unpaired) electrons. The quantitative estimate of drug-likeness (QED) is 0.209. The normalized spacial score (nSPS) is 14.6. The van der Waals surface area contributed by atoms with Crippen LogP contribution in [-0.4, -0.2) is 11.9 Å². The average molecular weight is 578 g/mol. The van der Waals surface area contributed by atoms with Gasteiger partial charge in [0.1, 0.15) is 18.2 Å². The molecule has 30 heavy (non-hydrogen) atoms. The second kappa shape index (κ2) is 9.09. The van der Waals surface area contributed by atoms with Gasteiger partial charge in [-0.25, -0.2) is 14.2 Å². The van der Waals surface area contributed by atoms with Gasteiger partial charge in [0.05, 0.1) is 0 Å². The van der Waals surface area contributed by atoms with Gasteiger partial charge in [-0.05, 0) is 86.6 Å². The molecule has 4 rings (SSSR count). The molecule has 0 unspecified atom stereocenters. The summed E-state index contributed by atoms with van der Waals surface area (Å²) in [6.07, 6.45) is 1.62. The number of hydrogen-bond acceptors (Lipinski definition) is 4. The maximum absolute atomic E-state index is 13.4. The van der Waals surface area contributed by atoms with Crippen LogP contribution in [0.25, 0.3) is 6.08 Å².